The van der Waals surface area contributed by atoms with Gasteiger partial charge in [0.15, 0.2) is 0 Å². The van der Waals surface area contributed by atoms with E-state index in [1.807, 2.05) is 0 Å². The molecule has 0 unspecified atom stereocenters. The zero-order chi connectivity index (χ0) is 11.2. The Hall–Kier alpha value is 0. The molecule has 0 aromatic carbocycles. The minimum absolute atomic E-state index is 0.548. The average Bonchev–Trinajstić information content (AvgIpc) is 2.24. The Kier molecular flexibility index (Phi) is 5.78. The second-order valence-electron chi connectivity index (χ2n) is 5.01. The van der Waals surface area contributed by atoms with Gasteiger partial charge >= 0.3 is 0 Å². The van der Waals surface area contributed by atoms with E-state index in [0.29, 0.717) is 10.8 Å². The van der Waals surface area contributed by atoms with E-state index < -0.39 is 0 Å². The fourth-order valence-corrected chi connectivity index (χ4v) is 3.24. The largest absolute Gasteiger partial charge is 0.0654 e. The standard InChI is InChI=1S/C14H30/c1-7-12-14(10-4,11-5)13(6,8-2)9-3/h7-12H2,1-6H3. The molecule has 0 atom stereocenters. The van der Waals surface area contributed by atoms with Crippen molar-refractivity contribution in [2.75, 3.05) is 0 Å². The zero-order valence-corrected chi connectivity index (χ0v) is 11.2. The molecule has 0 aliphatic rings. The second-order valence-corrected chi connectivity index (χ2v) is 5.01. The fraction of sp³-hybridized carbons (Fsp3) is 1.00. The first-order valence-corrected chi connectivity index (χ1v) is 6.55. The summed E-state index contributed by atoms with van der Waals surface area (Å²) in [7, 11) is 0. The highest BCUT2D eigenvalue weighted by Gasteiger charge is 2.41. The van der Waals surface area contributed by atoms with Gasteiger partial charge in [0.1, 0.15) is 0 Å². The van der Waals surface area contributed by atoms with Gasteiger partial charge in [-0.1, -0.05) is 60.8 Å². The lowest BCUT2D eigenvalue weighted by atomic mass is 9.57. The van der Waals surface area contributed by atoms with Crippen molar-refractivity contribution in [3.63, 3.8) is 0 Å². The van der Waals surface area contributed by atoms with Gasteiger partial charge in [0, 0.05) is 0 Å². The molecule has 86 valence electrons. The molecule has 0 fully saturated rings. The van der Waals surface area contributed by atoms with Gasteiger partial charge in [-0.3, -0.25) is 0 Å². The molecule has 0 heterocycles. The molecule has 0 aliphatic heterocycles. The summed E-state index contributed by atoms with van der Waals surface area (Å²) in [5.41, 5.74) is 1.14. The van der Waals surface area contributed by atoms with E-state index in [4.69, 9.17) is 0 Å². The molecule has 0 nitrogen and oxygen atoms in total. The highest BCUT2D eigenvalue weighted by Crippen LogP contribution is 2.52. The van der Waals surface area contributed by atoms with Gasteiger partial charge in [0.25, 0.3) is 0 Å². The van der Waals surface area contributed by atoms with Gasteiger partial charge < -0.3 is 0 Å². The average molecular weight is 198 g/mol. The van der Waals surface area contributed by atoms with Crippen LogP contribution < -0.4 is 0 Å². The van der Waals surface area contributed by atoms with Crippen molar-refractivity contribution in [2.45, 2.75) is 80.1 Å². The topological polar surface area (TPSA) is 0 Å². The van der Waals surface area contributed by atoms with Crippen LogP contribution in [-0.4, -0.2) is 0 Å². The van der Waals surface area contributed by atoms with Gasteiger partial charge in [-0.15, -0.1) is 0 Å². The minimum Gasteiger partial charge on any atom is -0.0654 e. The fourth-order valence-electron chi connectivity index (χ4n) is 3.24. The van der Waals surface area contributed by atoms with Gasteiger partial charge in [0.2, 0.25) is 0 Å². The molecule has 0 aromatic rings. The van der Waals surface area contributed by atoms with Crippen molar-refractivity contribution in [1.82, 2.24) is 0 Å². The smallest absolute Gasteiger partial charge is 0.0249 e. The molecule has 0 radical (unpaired) electrons. The molecule has 0 N–H and O–H groups in total. The molecule has 0 bridgehead atoms. The van der Waals surface area contributed by atoms with Crippen molar-refractivity contribution in [3.8, 4) is 0 Å². The van der Waals surface area contributed by atoms with Crippen LogP contribution in [0, 0.1) is 10.8 Å². The Labute approximate surface area is 91.5 Å². The highest BCUT2D eigenvalue weighted by molar-refractivity contribution is 4.92. The summed E-state index contributed by atoms with van der Waals surface area (Å²) < 4.78 is 0. The van der Waals surface area contributed by atoms with E-state index in [2.05, 4.69) is 41.5 Å². The molecule has 14 heavy (non-hydrogen) atoms. The van der Waals surface area contributed by atoms with E-state index in [1.54, 1.807) is 0 Å². The third kappa shape index (κ3) is 2.32. The van der Waals surface area contributed by atoms with Crippen LogP contribution in [0.25, 0.3) is 0 Å². The number of rotatable bonds is 7. The van der Waals surface area contributed by atoms with E-state index >= 15 is 0 Å². The quantitative estimate of drug-likeness (QED) is 0.512. The SMILES string of the molecule is CCCC(CC)(CC)C(C)(CC)CC. The summed E-state index contributed by atoms with van der Waals surface area (Å²) in [5, 5.41) is 0. The molecule has 0 rings (SSSR count). The van der Waals surface area contributed by atoms with Crippen LogP contribution in [0.1, 0.15) is 80.1 Å². The predicted molar refractivity (Wildman–Crippen MR) is 66.6 cm³/mol. The zero-order valence-electron chi connectivity index (χ0n) is 11.2. The van der Waals surface area contributed by atoms with Crippen LogP contribution in [0.2, 0.25) is 0 Å². The van der Waals surface area contributed by atoms with Crippen LogP contribution in [0.4, 0.5) is 0 Å². The summed E-state index contributed by atoms with van der Waals surface area (Å²) in [5.74, 6) is 0. The van der Waals surface area contributed by atoms with Crippen molar-refractivity contribution >= 4 is 0 Å². The first-order chi connectivity index (χ1) is 6.55. The molecular weight excluding hydrogens is 168 g/mol. The monoisotopic (exact) mass is 198 g/mol. The van der Waals surface area contributed by atoms with Crippen molar-refractivity contribution in [3.05, 3.63) is 0 Å². The summed E-state index contributed by atoms with van der Waals surface area (Å²) >= 11 is 0. The van der Waals surface area contributed by atoms with Crippen molar-refractivity contribution in [2.24, 2.45) is 10.8 Å². The third-order valence-electron chi connectivity index (χ3n) is 4.92. The minimum atomic E-state index is 0.548. The van der Waals surface area contributed by atoms with Crippen molar-refractivity contribution in [1.29, 1.82) is 0 Å². The van der Waals surface area contributed by atoms with Crippen LogP contribution in [0.3, 0.4) is 0 Å². The predicted octanol–water partition coefficient (Wildman–Crippen LogP) is 5.42. The summed E-state index contributed by atoms with van der Waals surface area (Å²) in [6, 6.07) is 0. The molecule has 0 spiro atoms. The van der Waals surface area contributed by atoms with Crippen LogP contribution in [-0.2, 0) is 0 Å². The van der Waals surface area contributed by atoms with Crippen LogP contribution in [0.15, 0.2) is 0 Å². The molecule has 0 aliphatic carbocycles. The Balaban J connectivity index is 4.92. The van der Waals surface area contributed by atoms with Gasteiger partial charge in [0.05, 0.1) is 0 Å². The van der Waals surface area contributed by atoms with Crippen LogP contribution in [0.5, 0.6) is 0 Å². The maximum atomic E-state index is 2.50. The molecule has 0 amide bonds. The lowest BCUT2D eigenvalue weighted by Gasteiger charge is -2.48. The molecule has 0 saturated heterocycles. The summed E-state index contributed by atoms with van der Waals surface area (Å²) in [4.78, 5) is 0. The van der Waals surface area contributed by atoms with Gasteiger partial charge in [-0.25, -0.2) is 0 Å². The Bertz CT molecular complexity index is 138. The molecule has 0 heteroatoms. The Morgan fingerprint density at radius 1 is 0.714 bits per heavy atom. The first kappa shape index (κ1) is 14.0. The third-order valence-corrected chi connectivity index (χ3v) is 4.92. The van der Waals surface area contributed by atoms with Gasteiger partial charge in [-0.2, -0.15) is 0 Å². The lowest BCUT2D eigenvalue weighted by molar-refractivity contribution is 0.0211. The summed E-state index contributed by atoms with van der Waals surface area (Å²) in [6.07, 6.45) is 8.07. The van der Waals surface area contributed by atoms with E-state index in [-0.39, 0.29) is 0 Å². The molecule has 0 saturated carbocycles. The maximum Gasteiger partial charge on any atom is -0.0249 e. The first-order valence-electron chi connectivity index (χ1n) is 6.55. The molecule has 0 aromatic heterocycles. The summed E-state index contributed by atoms with van der Waals surface area (Å²) in [6.45, 7) is 14.3. The van der Waals surface area contributed by atoms with Crippen LogP contribution >= 0.6 is 0 Å². The number of hydrogen-bond donors (Lipinski definition) is 0. The normalized spacial score (nSPS) is 13.3. The maximum absolute atomic E-state index is 2.50. The number of hydrogen-bond acceptors (Lipinski definition) is 0. The van der Waals surface area contributed by atoms with E-state index in [1.165, 1.54) is 38.5 Å². The Morgan fingerprint density at radius 2 is 1.14 bits per heavy atom. The second kappa shape index (κ2) is 5.78. The molecular formula is C14H30. The van der Waals surface area contributed by atoms with Gasteiger partial charge in [-0.05, 0) is 30.1 Å². The van der Waals surface area contributed by atoms with E-state index in [9.17, 15) is 0 Å². The highest BCUT2D eigenvalue weighted by atomic mass is 14.5. The van der Waals surface area contributed by atoms with Crippen molar-refractivity contribution < 1.29 is 0 Å². The van der Waals surface area contributed by atoms with E-state index in [0.717, 1.165) is 0 Å². The Morgan fingerprint density at radius 3 is 1.36 bits per heavy atom. The lowest BCUT2D eigenvalue weighted by Crippen LogP contribution is -2.38.